The van der Waals surface area contributed by atoms with Crippen LogP contribution in [0.4, 0.5) is 0 Å². The highest BCUT2D eigenvalue weighted by atomic mass is 32.2. The highest BCUT2D eigenvalue weighted by Crippen LogP contribution is 2.13. The summed E-state index contributed by atoms with van der Waals surface area (Å²) in [7, 11) is 0. The van der Waals surface area contributed by atoms with Gasteiger partial charge in [0.25, 0.3) is 0 Å². The molecule has 0 aliphatic carbocycles. The van der Waals surface area contributed by atoms with E-state index in [0.717, 1.165) is 11.8 Å². The van der Waals surface area contributed by atoms with Gasteiger partial charge in [0.05, 0.1) is 5.75 Å². The molecule has 0 rings (SSSR count). The Labute approximate surface area is 100 Å². The molecule has 0 aromatic heterocycles. The predicted molar refractivity (Wildman–Crippen MR) is 68.6 cm³/mol. The van der Waals surface area contributed by atoms with Gasteiger partial charge >= 0.3 is 0 Å². The Kier molecular flexibility index (Phi) is 6.42. The molecule has 0 saturated carbocycles. The lowest BCUT2D eigenvalue weighted by Gasteiger charge is -2.26. The SMILES string of the molecule is C#CC(CC)(CC)NC(=O)CSC(N)=NN. The van der Waals surface area contributed by atoms with E-state index in [9.17, 15) is 4.79 Å². The fourth-order valence-corrected chi connectivity index (χ4v) is 1.57. The van der Waals surface area contributed by atoms with Gasteiger partial charge in [0, 0.05) is 0 Å². The van der Waals surface area contributed by atoms with Crippen molar-refractivity contribution in [2.24, 2.45) is 16.7 Å². The normalized spacial score (nSPS) is 11.9. The van der Waals surface area contributed by atoms with Gasteiger partial charge in [0.2, 0.25) is 5.91 Å². The highest BCUT2D eigenvalue weighted by Gasteiger charge is 2.25. The molecule has 90 valence electrons. The molecule has 0 spiro atoms. The number of thioether (sulfide) groups is 1. The summed E-state index contributed by atoms with van der Waals surface area (Å²) in [5, 5.41) is 6.24. The lowest BCUT2D eigenvalue weighted by molar-refractivity contribution is -0.119. The Morgan fingerprint density at radius 1 is 1.56 bits per heavy atom. The number of rotatable bonds is 5. The van der Waals surface area contributed by atoms with Crippen molar-refractivity contribution in [1.29, 1.82) is 0 Å². The molecule has 0 aliphatic rings. The predicted octanol–water partition coefficient (Wildman–Crippen LogP) is 0.216. The molecule has 0 unspecified atom stereocenters. The largest absolute Gasteiger partial charge is 0.377 e. The van der Waals surface area contributed by atoms with Gasteiger partial charge in [-0.15, -0.1) is 6.42 Å². The van der Waals surface area contributed by atoms with Gasteiger partial charge < -0.3 is 16.9 Å². The number of terminal acetylenes is 1. The number of carbonyl (C=O) groups excluding carboxylic acids is 1. The van der Waals surface area contributed by atoms with Crippen molar-refractivity contribution in [3.8, 4) is 12.3 Å². The van der Waals surface area contributed by atoms with E-state index in [-0.39, 0.29) is 16.8 Å². The summed E-state index contributed by atoms with van der Waals surface area (Å²) in [6, 6.07) is 0. The lowest BCUT2D eigenvalue weighted by atomic mass is 9.94. The smallest absolute Gasteiger partial charge is 0.231 e. The number of nitrogens with zero attached hydrogens (tertiary/aromatic N) is 1. The quantitative estimate of drug-likeness (QED) is 0.211. The molecule has 0 fully saturated rings. The molecular weight excluding hydrogens is 224 g/mol. The van der Waals surface area contributed by atoms with Crippen LogP contribution in [0.25, 0.3) is 0 Å². The average molecular weight is 242 g/mol. The summed E-state index contributed by atoms with van der Waals surface area (Å²) >= 11 is 1.08. The topological polar surface area (TPSA) is 93.5 Å². The Morgan fingerprint density at radius 3 is 2.50 bits per heavy atom. The van der Waals surface area contributed by atoms with E-state index in [0.29, 0.717) is 12.8 Å². The molecule has 5 nitrogen and oxygen atoms in total. The van der Waals surface area contributed by atoms with Crippen LogP contribution in [0.1, 0.15) is 26.7 Å². The van der Waals surface area contributed by atoms with Gasteiger partial charge in [-0.3, -0.25) is 4.79 Å². The van der Waals surface area contributed by atoms with E-state index >= 15 is 0 Å². The molecule has 0 saturated heterocycles. The Hall–Kier alpha value is -1.35. The van der Waals surface area contributed by atoms with Crippen molar-refractivity contribution < 1.29 is 4.79 Å². The summed E-state index contributed by atoms with van der Waals surface area (Å²) in [6.45, 7) is 3.87. The van der Waals surface area contributed by atoms with Gasteiger partial charge in [0.1, 0.15) is 5.54 Å². The fraction of sp³-hybridized carbons (Fsp3) is 0.600. The molecule has 0 bridgehead atoms. The molecule has 6 heteroatoms. The van der Waals surface area contributed by atoms with Crippen molar-refractivity contribution in [3.05, 3.63) is 0 Å². The highest BCUT2D eigenvalue weighted by molar-refractivity contribution is 8.14. The second-order valence-electron chi connectivity index (χ2n) is 3.24. The van der Waals surface area contributed by atoms with Crippen LogP contribution in [0, 0.1) is 12.3 Å². The monoisotopic (exact) mass is 242 g/mol. The number of amides is 1. The Bertz CT molecular complexity index is 304. The zero-order valence-electron chi connectivity index (χ0n) is 9.62. The second-order valence-corrected chi connectivity index (χ2v) is 4.23. The van der Waals surface area contributed by atoms with Crippen LogP contribution in [0.2, 0.25) is 0 Å². The standard InChI is InChI=1S/C10H18N4OS/c1-4-10(5-2,6-3)13-8(15)7-16-9(11)14-12/h1H,5-7,12H2,2-3H3,(H2,11,14)(H,13,15). The van der Waals surface area contributed by atoms with E-state index in [2.05, 4.69) is 16.3 Å². The van der Waals surface area contributed by atoms with Crippen LogP contribution in [0.5, 0.6) is 0 Å². The van der Waals surface area contributed by atoms with Crippen LogP contribution in [-0.2, 0) is 4.79 Å². The number of nitrogens with one attached hydrogen (secondary N) is 1. The minimum atomic E-state index is -0.563. The van der Waals surface area contributed by atoms with Crippen LogP contribution >= 0.6 is 11.8 Å². The number of nitrogens with two attached hydrogens (primary N) is 2. The number of carbonyl (C=O) groups is 1. The molecule has 0 heterocycles. The van der Waals surface area contributed by atoms with Crippen molar-refractivity contribution in [1.82, 2.24) is 5.32 Å². The van der Waals surface area contributed by atoms with Crippen molar-refractivity contribution in [2.75, 3.05) is 5.75 Å². The third-order valence-corrected chi connectivity index (χ3v) is 3.15. The molecule has 0 aromatic rings. The second kappa shape index (κ2) is 7.01. The molecular formula is C10H18N4OS. The van der Waals surface area contributed by atoms with E-state index < -0.39 is 5.54 Å². The van der Waals surface area contributed by atoms with Gasteiger partial charge in [-0.2, -0.15) is 5.10 Å². The number of hydrogen-bond donors (Lipinski definition) is 3. The van der Waals surface area contributed by atoms with E-state index in [4.69, 9.17) is 18.0 Å². The summed E-state index contributed by atoms with van der Waals surface area (Å²) in [4.78, 5) is 11.6. The van der Waals surface area contributed by atoms with Gasteiger partial charge in [-0.05, 0) is 12.8 Å². The summed E-state index contributed by atoms with van der Waals surface area (Å²) in [5.41, 5.74) is 4.79. The Balaban J connectivity index is 4.28. The molecule has 0 radical (unpaired) electrons. The number of hydrogen-bond acceptors (Lipinski definition) is 4. The first-order valence-electron chi connectivity index (χ1n) is 4.98. The first kappa shape index (κ1) is 14.6. The van der Waals surface area contributed by atoms with E-state index in [1.54, 1.807) is 0 Å². The third-order valence-electron chi connectivity index (χ3n) is 2.34. The molecule has 16 heavy (non-hydrogen) atoms. The number of amidine groups is 1. The fourth-order valence-electron chi connectivity index (χ4n) is 1.15. The maximum absolute atomic E-state index is 11.6. The van der Waals surface area contributed by atoms with Gasteiger partial charge in [-0.25, -0.2) is 0 Å². The van der Waals surface area contributed by atoms with Crippen molar-refractivity contribution >= 4 is 22.8 Å². The first-order chi connectivity index (χ1) is 7.53. The molecule has 1 amide bonds. The zero-order valence-corrected chi connectivity index (χ0v) is 10.4. The van der Waals surface area contributed by atoms with Gasteiger partial charge in [0.15, 0.2) is 5.17 Å². The average Bonchev–Trinajstić information content (AvgIpc) is 2.33. The van der Waals surface area contributed by atoms with Crippen LogP contribution in [0.3, 0.4) is 0 Å². The van der Waals surface area contributed by atoms with E-state index in [1.165, 1.54) is 0 Å². The lowest BCUT2D eigenvalue weighted by Crippen LogP contribution is -2.47. The van der Waals surface area contributed by atoms with Crippen LogP contribution in [0.15, 0.2) is 5.10 Å². The van der Waals surface area contributed by atoms with Crippen molar-refractivity contribution in [2.45, 2.75) is 32.2 Å². The summed E-state index contributed by atoms with van der Waals surface area (Å²) in [6.07, 6.45) is 6.80. The van der Waals surface area contributed by atoms with Crippen LogP contribution < -0.4 is 16.9 Å². The Morgan fingerprint density at radius 2 is 2.12 bits per heavy atom. The minimum absolute atomic E-state index is 0.163. The van der Waals surface area contributed by atoms with E-state index in [1.807, 2.05) is 13.8 Å². The van der Waals surface area contributed by atoms with Crippen LogP contribution in [-0.4, -0.2) is 22.4 Å². The van der Waals surface area contributed by atoms with Gasteiger partial charge in [-0.1, -0.05) is 31.5 Å². The molecule has 0 aromatic carbocycles. The summed E-state index contributed by atoms with van der Waals surface area (Å²) in [5.74, 6) is 7.56. The zero-order chi connectivity index (χ0) is 12.6. The molecule has 0 atom stereocenters. The summed E-state index contributed by atoms with van der Waals surface area (Å²) < 4.78 is 0. The number of hydrazone groups is 1. The third kappa shape index (κ3) is 4.45. The van der Waals surface area contributed by atoms with Crippen molar-refractivity contribution in [3.63, 3.8) is 0 Å². The molecule has 5 N–H and O–H groups in total. The molecule has 0 aliphatic heterocycles. The maximum atomic E-state index is 11.6. The minimum Gasteiger partial charge on any atom is -0.377 e. The first-order valence-corrected chi connectivity index (χ1v) is 5.97. The maximum Gasteiger partial charge on any atom is 0.231 e.